The number of hydrogen-bond acceptors (Lipinski definition) is 3. The van der Waals surface area contributed by atoms with Crippen molar-refractivity contribution in [1.82, 2.24) is 19.6 Å². The molecule has 0 fully saturated rings. The highest BCUT2D eigenvalue weighted by Crippen LogP contribution is 2.12. The minimum atomic E-state index is -0.106. The number of aromatic nitrogens is 2. The molecule has 2 heterocycles. The largest absolute Gasteiger partial charge is 0.346 e. The summed E-state index contributed by atoms with van der Waals surface area (Å²) < 4.78 is 1.85. The highest BCUT2D eigenvalue weighted by Gasteiger charge is 2.08. The summed E-state index contributed by atoms with van der Waals surface area (Å²) in [4.78, 5) is 18.9. The van der Waals surface area contributed by atoms with Gasteiger partial charge in [0.2, 0.25) is 0 Å². The van der Waals surface area contributed by atoms with Gasteiger partial charge in [-0.05, 0) is 43.9 Å². The first-order valence-corrected chi connectivity index (χ1v) is 8.04. The molecular formula is C18H19ClN4O. The van der Waals surface area contributed by atoms with Crippen molar-refractivity contribution in [2.24, 2.45) is 0 Å². The van der Waals surface area contributed by atoms with Crippen molar-refractivity contribution in [3.63, 3.8) is 0 Å². The lowest BCUT2D eigenvalue weighted by Gasteiger charge is -2.10. The molecule has 0 aliphatic carbocycles. The Kier molecular flexibility index (Phi) is 4.83. The van der Waals surface area contributed by atoms with Gasteiger partial charge < -0.3 is 14.6 Å². The number of hydrogen-bond donors (Lipinski definition) is 1. The van der Waals surface area contributed by atoms with Gasteiger partial charge in [0.25, 0.3) is 5.91 Å². The smallest absolute Gasteiger partial charge is 0.251 e. The Morgan fingerprint density at radius 1 is 1.25 bits per heavy atom. The fraction of sp³-hybridized carbons (Fsp3) is 0.222. The van der Waals surface area contributed by atoms with Crippen molar-refractivity contribution < 1.29 is 4.79 Å². The van der Waals surface area contributed by atoms with Gasteiger partial charge in [-0.3, -0.25) is 4.79 Å². The first kappa shape index (κ1) is 16.5. The van der Waals surface area contributed by atoms with Crippen LogP contribution in [0.5, 0.6) is 0 Å². The van der Waals surface area contributed by atoms with Crippen LogP contribution in [-0.4, -0.2) is 34.3 Å². The van der Waals surface area contributed by atoms with Crippen LogP contribution in [0.25, 0.3) is 5.65 Å². The summed E-state index contributed by atoms with van der Waals surface area (Å²) in [7, 11) is 4.00. The van der Waals surface area contributed by atoms with Crippen LogP contribution in [-0.2, 0) is 13.1 Å². The minimum Gasteiger partial charge on any atom is -0.346 e. The maximum atomic E-state index is 12.3. The molecular weight excluding hydrogens is 324 g/mol. The maximum Gasteiger partial charge on any atom is 0.251 e. The van der Waals surface area contributed by atoms with Crippen LogP contribution in [0.1, 0.15) is 21.6 Å². The van der Waals surface area contributed by atoms with E-state index in [2.05, 4.69) is 15.2 Å². The number of rotatable bonds is 5. The predicted octanol–water partition coefficient (Wildman–Crippen LogP) is 2.98. The molecule has 0 radical (unpaired) electrons. The topological polar surface area (TPSA) is 49.6 Å². The van der Waals surface area contributed by atoms with Gasteiger partial charge in [-0.15, -0.1) is 0 Å². The van der Waals surface area contributed by atoms with Crippen LogP contribution in [0.3, 0.4) is 0 Å². The van der Waals surface area contributed by atoms with E-state index in [0.717, 1.165) is 23.4 Å². The SMILES string of the molecule is CN(C)Cc1cccc(C(=O)NCc2cn3cc(Cl)ccc3n2)c1. The van der Waals surface area contributed by atoms with Gasteiger partial charge in [0.05, 0.1) is 17.3 Å². The molecule has 0 atom stereocenters. The maximum absolute atomic E-state index is 12.3. The fourth-order valence-corrected chi connectivity index (χ4v) is 2.72. The molecule has 1 N–H and O–H groups in total. The molecule has 0 unspecified atom stereocenters. The van der Waals surface area contributed by atoms with Gasteiger partial charge in [0.15, 0.2) is 0 Å². The van der Waals surface area contributed by atoms with E-state index in [0.29, 0.717) is 17.1 Å². The molecule has 0 aliphatic heterocycles. The van der Waals surface area contributed by atoms with Gasteiger partial charge in [0, 0.05) is 24.5 Å². The van der Waals surface area contributed by atoms with Crippen LogP contribution >= 0.6 is 11.6 Å². The van der Waals surface area contributed by atoms with Crippen molar-refractivity contribution >= 4 is 23.2 Å². The molecule has 0 saturated carbocycles. The zero-order chi connectivity index (χ0) is 17.1. The molecule has 1 amide bonds. The van der Waals surface area contributed by atoms with Gasteiger partial charge in [-0.25, -0.2) is 4.98 Å². The number of imidazole rings is 1. The number of nitrogens with zero attached hydrogens (tertiary/aromatic N) is 3. The number of carbonyl (C=O) groups is 1. The summed E-state index contributed by atoms with van der Waals surface area (Å²) in [6.07, 6.45) is 3.66. The minimum absolute atomic E-state index is 0.106. The number of carbonyl (C=O) groups excluding carboxylic acids is 1. The van der Waals surface area contributed by atoms with Crippen molar-refractivity contribution in [2.75, 3.05) is 14.1 Å². The molecule has 1 aromatic carbocycles. The Morgan fingerprint density at radius 2 is 2.08 bits per heavy atom. The quantitative estimate of drug-likeness (QED) is 0.775. The summed E-state index contributed by atoms with van der Waals surface area (Å²) in [5.74, 6) is -0.106. The van der Waals surface area contributed by atoms with Crippen LogP contribution in [0.2, 0.25) is 5.02 Å². The molecule has 3 rings (SSSR count). The zero-order valence-electron chi connectivity index (χ0n) is 13.7. The van der Waals surface area contributed by atoms with E-state index in [9.17, 15) is 4.79 Å². The van der Waals surface area contributed by atoms with Crippen molar-refractivity contribution in [2.45, 2.75) is 13.1 Å². The van der Waals surface area contributed by atoms with Crippen LogP contribution < -0.4 is 5.32 Å². The molecule has 0 spiro atoms. The lowest BCUT2D eigenvalue weighted by atomic mass is 10.1. The summed E-state index contributed by atoms with van der Waals surface area (Å²) in [5.41, 5.74) is 3.35. The second kappa shape index (κ2) is 7.03. The molecule has 6 heteroatoms. The average Bonchev–Trinajstić information content (AvgIpc) is 2.94. The van der Waals surface area contributed by atoms with Gasteiger partial charge in [-0.1, -0.05) is 23.7 Å². The molecule has 124 valence electrons. The van der Waals surface area contributed by atoms with E-state index in [1.54, 1.807) is 12.3 Å². The summed E-state index contributed by atoms with van der Waals surface area (Å²) in [6.45, 7) is 1.17. The fourth-order valence-electron chi connectivity index (χ4n) is 2.55. The van der Waals surface area contributed by atoms with Gasteiger partial charge in [0.1, 0.15) is 5.65 Å². The first-order valence-electron chi connectivity index (χ1n) is 7.66. The lowest BCUT2D eigenvalue weighted by molar-refractivity contribution is 0.0950. The highest BCUT2D eigenvalue weighted by atomic mass is 35.5. The van der Waals surface area contributed by atoms with E-state index < -0.39 is 0 Å². The number of halogens is 1. The van der Waals surface area contributed by atoms with E-state index in [-0.39, 0.29) is 5.91 Å². The second-order valence-corrected chi connectivity index (χ2v) is 6.40. The molecule has 5 nitrogen and oxygen atoms in total. The number of pyridine rings is 1. The number of benzene rings is 1. The Hall–Kier alpha value is -2.37. The second-order valence-electron chi connectivity index (χ2n) is 5.97. The lowest BCUT2D eigenvalue weighted by Crippen LogP contribution is -2.23. The van der Waals surface area contributed by atoms with Gasteiger partial charge in [-0.2, -0.15) is 0 Å². The van der Waals surface area contributed by atoms with Crippen LogP contribution in [0.15, 0.2) is 48.8 Å². The molecule has 3 aromatic rings. The van der Waals surface area contributed by atoms with Crippen molar-refractivity contribution in [3.8, 4) is 0 Å². The van der Waals surface area contributed by atoms with Crippen LogP contribution in [0.4, 0.5) is 0 Å². The Bertz CT molecular complexity index is 872. The summed E-state index contributed by atoms with van der Waals surface area (Å²) in [5, 5.41) is 3.56. The van der Waals surface area contributed by atoms with Crippen molar-refractivity contribution in [3.05, 3.63) is 70.6 Å². The van der Waals surface area contributed by atoms with E-state index in [1.807, 2.05) is 55.0 Å². The predicted molar refractivity (Wildman–Crippen MR) is 95.2 cm³/mol. The Balaban J connectivity index is 1.68. The monoisotopic (exact) mass is 342 g/mol. The number of fused-ring (bicyclic) bond motifs is 1. The van der Waals surface area contributed by atoms with E-state index >= 15 is 0 Å². The standard InChI is InChI=1S/C18H19ClN4O/c1-22(2)10-13-4-3-5-14(8-13)18(24)20-9-16-12-23-11-15(19)6-7-17(23)21-16/h3-8,11-12H,9-10H2,1-2H3,(H,20,24). The van der Waals surface area contributed by atoms with Gasteiger partial charge >= 0.3 is 0 Å². The molecule has 0 bridgehead atoms. The molecule has 2 aromatic heterocycles. The molecule has 0 aliphatic rings. The highest BCUT2D eigenvalue weighted by molar-refractivity contribution is 6.30. The summed E-state index contributed by atoms with van der Waals surface area (Å²) >= 11 is 5.96. The third-order valence-corrected chi connectivity index (χ3v) is 3.81. The van der Waals surface area contributed by atoms with E-state index in [1.165, 1.54) is 0 Å². The third kappa shape index (κ3) is 3.93. The number of nitrogens with one attached hydrogen (secondary N) is 1. The summed E-state index contributed by atoms with van der Waals surface area (Å²) in [6, 6.07) is 11.3. The normalized spacial score (nSPS) is 11.2. The Morgan fingerprint density at radius 3 is 2.88 bits per heavy atom. The van der Waals surface area contributed by atoms with E-state index in [4.69, 9.17) is 11.6 Å². The Labute approximate surface area is 145 Å². The average molecular weight is 343 g/mol. The van der Waals surface area contributed by atoms with Crippen LogP contribution in [0, 0.1) is 0 Å². The zero-order valence-corrected chi connectivity index (χ0v) is 14.4. The molecule has 0 saturated heterocycles. The third-order valence-electron chi connectivity index (χ3n) is 3.58. The molecule has 24 heavy (non-hydrogen) atoms. The number of amides is 1. The first-order chi connectivity index (χ1) is 11.5. The van der Waals surface area contributed by atoms with Crippen molar-refractivity contribution in [1.29, 1.82) is 0 Å².